The van der Waals surface area contributed by atoms with Crippen LogP contribution in [0.25, 0.3) is 0 Å². The van der Waals surface area contributed by atoms with Gasteiger partial charge in [-0.05, 0) is 6.92 Å². The van der Waals surface area contributed by atoms with Gasteiger partial charge in [0.15, 0.2) is 5.69 Å². The number of anilines is 1. The Balaban J connectivity index is 2.93. The van der Waals surface area contributed by atoms with E-state index in [9.17, 15) is 9.59 Å². The summed E-state index contributed by atoms with van der Waals surface area (Å²) in [6.07, 6.45) is 1.40. The minimum absolute atomic E-state index is 0.0866. The Morgan fingerprint density at radius 1 is 1.32 bits per heavy atom. The summed E-state index contributed by atoms with van der Waals surface area (Å²) >= 11 is 0. The first kappa shape index (κ1) is 14.9. The number of carbonyl (C=O) groups excluding carboxylic acids is 2. The molecule has 0 fully saturated rings. The molecule has 7 heteroatoms. The number of nitrogens with two attached hydrogens (primary N) is 1. The molecule has 7 nitrogen and oxygen atoms in total. The zero-order chi connectivity index (χ0) is 14.6. The van der Waals surface area contributed by atoms with Crippen molar-refractivity contribution in [2.75, 3.05) is 12.8 Å². The number of nitrogen functional groups attached to an aromatic ring is 1. The lowest BCUT2D eigenvalue weighted by atomic mass is 10.2. The van der Waals surface area contributed by atoms with Crippen molar-refractivity contribution in [2.24, 2.45) is 0 Å². The predicted octanol–water partition coefficient (Wildman–Crippen LogP) is 0.0465. The van der Waals surface area contributed by atoms with Crippen LogP contribution in [0.2, 0.25) is 0 Å². The van der Waals surface area contributed by atoms with Gasteiger partial charge in [-0.3, -0.25) is 9.59 Å². The number of rotatable bonds is 4. The minimum Gasteiger partial charge on any atom is -0.396 e. The molecule has 1 atom stereocenters. The summed E-state index contributed by atoms with van der Waals surface area (Å²) in [6.45, 7) is 5.41. The third kappa shape index (κ3) is 3.64. The number of amides is 2. The van der Waals surface area contributed by atoms with Gasteiger partial charge >= 0.3 is 0 Å². The summed E-state index contributed by atoms with van der Waals surface area (Å²) in [5.74, 6) is -0.154. The van der Waals surface area contributed by atoms with Gasteiger partial charge in [0, 0.05) is 13.0 Å². The molecule has 0 saturated heterocycles. The van der Waals surface area contributed by atoms with E-state index in [4.69, 9.17) is 5.73 Å². The van der Waals surface area contributed by atoms with Crippen LogP contribution < -0.4 is 16.4 Å². The first-order valence-electron chi connectivity index (χ1n) is 6.01. The van der Waals surface area contributed by atoms with Crippen molar-refractivity contribution >= 4 is 17.5 Å². The number of aromatic nitrogens is 2. The molecule has 0 spiro atoms. The van der Waals surface area contributed by atoms with Crippen LogP contribution in [0.1, 0.15) is 43.0 Å². The number of nitrogens with zero attached hydrogens (tertiary/aromatic N) is 2. The minimum atomic E-state index is -0.658. The molecule has 1 aromatic rings. The van der Waals surface area contributed by atoms with Crippen LogP contribution in [0.15, 0.2) is 6.20 Å². The number of hydrogen-bond acceptors (Lipinski definition) is 5. The SMILES string of the molecule is CNC(=O)C(C)NC(=O)c1nc(C(C)C)ncc1N. The van der Waals surface area contributed by atoms with Crippen molar-refractivity contribution in [1.82, 2.24) is 20.6 Å². The first-order chi connectivity index (χ1) is 8.86. The summed E-state index contributed by atoms with van der Waals surface area (Å²) in [6, 6.07) is -0.658. The van der Waals surface area contributed by atoms with Gasteiger partial charge in [-0.15, -0.1) is 0 Å². The van der Waals surface area contributed by atoms with E-state index in [1.165, 1.54) is 13.2 Å². The Kier molecular flexibility index (Phi) is 4.80. The van der Waals surface area contributed by atoms with E-state index in [-0.39, 0.29) is 23.2 Å². The Morgan fingerprint density at radius 3 is 2.47 bits per heavy atom. The normalized spacial score (nSPS) is 12.1. The van der Waals surface area contributed by atoms with Crippen LogP contribution >= 0.6 is 0 Å². The van der Waals surface area contributed by atoms with E-state index >= 15 is 0 Å². The maximum Gasteiger partial charge on any atom is 0.272 e. The third-order valence-corrected chi connectivity index (χ3v) is 2.55. The molecule has 0 aliphatic rings. The molecule has 1 rings (SSSR count). The van der Waals surface area contributed by atoms with Crippen LogP contribution in [0.5, 0.6) is 0 Å². The van der Waals surface area contributed by atoms with Crippen LogP contribution in [0.4, 0.5) is 5.69 Å². The molecule has 1 heterocycles. The predicted molar refractivity (Wildman–Crippen MR) is 71.5 cm³/mol. The van der Waals surface area contributed by atoms with Gasteiger partial charge in [0.2, 0.25) is 5.91 Å². The fraction of sp³-hybridized carbons (Fsp3) is 0.500. The molecule has 19 heavy (non-hydrogen) atoms. The zero-order valence-electron chi connectivity index (χ0n) is 11.5. The lowest BCUT2D eigenvalue weighted by molar-refractivity contribution is -0.122. The van der Waals surface area contributed by atoms with E-state index < -0.39 is 11.9 Å². The van der Waals surface area contributed by atoms with Crippen molar-refractivity contribution in [2.45, 2.75) is 32.7 Å². The Labute approximate surface area is 112 Å². The highest BCUT2D eigenvalue weighted by atomic mass is 16.2. The summed E-state index contributed by atoms with van der Waals surface area (Å²) in [7, 11) is 1.50. The Hall–Kier alpha value is -2.18. The van der Waals surface area contributed by atoms with E-state index in [1.54, 1.807) is 6.92 Å². The maximum atomic E-state index is 12.0. The van der Waals surface area contributed by atoms with Gasteiger partial charge < -0.3 is 16.4 Å². The van der Waals surface area contributed by atoms with Gasteiger partial charge in [-0.2, -0.15) is 0 Å². The summed E-state index contributed by atoms with van der Waals surface area (Å²) in [5, 5.41) is 4.98. The third-order valence-electron chi connectivity index (χ3n) is 2.55. The van der Waals surface area contributed by atoms with Crippen LogP contribution in [0, 0.1) is 0 Å². The number of likely N-dealkylation sites (N-methyl/N-ethyl adjacent to an activating group) is 1. The molecule has 4 N–H and O–H groups in total. The topological polar surface area (TPSA) is 110 Å². The molecule has 0 saturated carbocycles. The Bertz CT molecular complexity index is 487. The first-order valence-corrected chi connectivity index (χ1v) is 6.01. The fourth-order valence-corrected chi connectivity index (χ4v) is 1.41. The van der Waals surface area contributed by atoms with Gasteiger partial charge in [-0.1, -0.05) is 13.8 Å². The van der Waals surface area contributed by atoms with Crippen molar-refractivity contribution in [3.8, 4) is 0 Å². The molecule has 0 radical (unpaired) electrons. The van der Waals surface area contributed by atoms with Crippen LogP contribution in [-0.2, 0) is 4.79 Å². The molecule has 0 aliphatic heterocycles. The van der Waals surface area contributed by atoms with E-state index in [2.05, 4.69) is 20.6 Å². The number of carbonyl (C=O) groups is 2. The molecule has 2 amide bonds. The molecule has 0 aromatic carbocycles. The molecule has 0 aliphatic carbocycles. The van der Waals surface area contributed by atoms with Gasteiger partial charge in [0.25, 0.3) is 5.91 Å². The van der Waals surface area contributed by atoms with E-state index in [1.807, 2.05) is 13.8 Å². The van der Waals surface area contributed by atoms with Crippen molar-refractivity contribution in [3.63, 3.8) is 0 Å². The van der Waals surface area contributed by atoms with E-state index in [0.29, 0.717) is 5.82 Å². The molecular formula is C12H19N5O2. The average Bonchev–Trinajstić information content (AvgIpc) is 2.37. The van der Waals surface area contributed by atoms with Gasteiger partial charge in [0.05, 0.1) is 11.9 Å². The van der Waals surface area contributed by atoms with Crippen molar-refractivity contribution < 1.29 is 9.59 Å². The van der Waals surface area contributed by atoms with Crippen molar-refractivity contribution in [3.05, 3.63) is 17.7 Å². The fourth-order valence-electron chi connectivity index (χ4n) is 1.41. The summed E-state index contributed by atoms with van der Waals surface area (Å²) in [5.41, 5.74) is 5.97. The van der Waals surface area contributed by atoms with Crippen molar-refractivity contribution in [1.29, 1.82) is 0 Å². The molecule has 1 aromatic heterocycles. The molecule has 104 valence electrons. The average molecular weight is 265 g/mol. The van der Waals surface area contributed by atoms with Crippen LogP contribution in [-0.4, -0.2) is 34.9 Å². The Morgan fingerprint density at radius 2 is 1.95 bits per heavy atom. The molecule has 0 bridgehead atoms. The van der Waals surface area contributed by atoms with Gasteiger partial charge in [-0.25, -0.2) is 9.97 Å². The lowest BCUT2D eigenvalue weighted by Crippen LogP contribution is -2.44. The van der Waals surface area contributed by atoms with Gasteiger partial charge in [0.1, 0.15) is 11.9 Å². The number of hydrogen-bond donors (Lipinski definition) is 3. The zero-order valence-corrected chi connectivity index (χ0v) is 11.5. The highest BCUT2D eigenvalue weighted by Gasteiger charge is 2.19. The maximum absolute atomic E-state index is 12.0. The highest BCUT2D eigenvalue weighted by molar-refractivity contribution is 5.99. The highest BCUT2D eigenvalue weighted by Crippen LogP contribution is 2.13. The van der Waals surface area contributed by atoms with Crippen LogP contribution in [0.3, 0.4) is 0 Å². The van der Waals surface area contributed by atoms with E-state index in [0.717, 1.165) is 0 Å². The summed E-state index contributed by atoms with van der Waals surface area (Å²) in [4.78, 5) is 31.5. The second-order valence-electron chi connectivity index (χ2n) is 4.50. The lowest BCUT2D eigenvalue weighted by Gasteiger charge is -2.13. The summed E-state index contributed by atoms with van der Waals surface area (Å²) < 4.78 is 0. The second kappa shape index (κ2) is 6.12. The number of nitrogens with one attached hydrogen (secondary N) is 2. The largest absolute Gasteiger partial charge is 0.396 e. The standard InChI is InChI=1S/C12H19N5O2/c1-6(2)10-15-5-8(13)9(17-10)12(19)16-7(3)11(18)14-4/h5-7H,13H2,1-4H3,(H,14,18)(H,16,19). The molecular weight excluding hydrogens is 246 g/mol. The monoisotopic (exact) mass is 265 g/mol. The second-order valence-corrected chi connectivity index (χ2v) is 4.50. The smallest absolute Gasteiger partial charge is 0.272 e. The quantitative estimate of drug-likeness (QED) is 0.712. The molecule has 1 unspecified atom stereocenters.